The number of rotatable bonds is 5. The Hall–Kier alpha value is -3.54. The molecule has 0 radical (unpaired) electrons. The van der Waals surface area contributed by atoms with Gasteiger partial charge in [-0.25, -0.2) is 19.7 Å². The highest BCUT2D eigenvalue weighted by molar-refractivity contribution is 5.96. The van der Waals surface area contributed by atoms with E-state index >= 15 is 0 Å². The number of aromatic nitrogens is 4. The first-order chi connectivity index (χ1) is 14.0. The maximum atomic E-state index is 11.5. The highest BCUT2D eigenvalue weighted by atomic mass is 16.4. The molecule has 2 aromatic carbocycles. The molecule has 0 saturated heterocycles. The molecule has 0 saturated carbocycles. The summed E-state index contributed by atoms with van der Waals surface area (Å²) < 4.78 is 2.08. The average Bonchev–Trinajstić information content (AvgIpc) is 3.06. The lowest BCUT2D eigenvalue weighted by atomic mass is 9.99. The van der Waals surface area contributed by atoms with E-state index in [1.807, 2.05) is 50.2 Å². The molecule has 29 heavy (non-hydrogen) atoms. The number of carbonyl (C=O) groups is 1. The average molecular weight is 386 g/mol. The number of carboxylic acid groups (broad SMARTS) is 1. The van der Waals surface area contributed by atoms with Gasteiger partial charge in [-0.15, -0.1) is 0 Å². The van der Waals surface area contributed by atoms with Gasteiger partial charge in [-0.3, -0.25) is 4.57 Å². The Bertz CT molecular complexity index is 1210. The second-order valence-corrected chi connectivity index (χ2v) is 7.04. The molecule has 0 aliphatic rings. The van der Waals surface area contributed by atoms with Crippen molar-refractivity contribution in [2.45, 2.75) is 33.6 Å². The van der Waals surface area contributed by atoms with Crippen molar-refractivity contribution in [2.24, 2.45) is 0 Å². The summed E-state index contributed by atoms with van der Waals surface area (Å²) in [5, 5.41) is 9.47. The monoisotopic (exact) mass is 386 g/mol. The number of carboxylic acids is 1. The van der Waals surface area contributed by atoms with Crippen LogP contribution >= 0.6 is 0 Å². The lowest BCUT2D eigenvalue weighted by Crippen LogP contribution is -2.03. The Kier molecular flexibility index (Phi) is 4.84. The second kappa shape index (κ2) is 7.47. The Labute approximate surface area is 168 Å². The van der Waals surface area contributed by atoms with Crippen LogP contribution in [0.4, 0.5) is 0 Å². The summed E-state index contributed by atoms with van der Waals surface area (Å²) in [6.07, 6.45) is 1.80. The molecule has 4 aromatic rings. The number of hydrogen-bond donors (Lipinski definition) is 1. The van der Waals surface area contributed by atoms with Crippen molar-refractivity contribution in [3.8, 4) is 16.8 Å². The molecule has 0 unspecified atom stereocenters. The largest absolute Gasteiger partial charge is 0.478 e. The summed E-state index contributed by atoms with van der Waals surface area (Å²) in [6.45, 7) is 5.96. The summed E-state index contributed by atoms with van der Waals surface area (Å²) in [7, 11) is 0. The highest BCUT2D eigenvalue weighted by Gasteiger charge is 2.17. The number of aryl methyl sites for hydroxylation is 3. The van der Waals surface area contributed by atoms with Gasteiger partial charge >= 0.3 is 5.97 Å². The topological polar surface area (TPSA) is 80.9 Å². The van der Waals surface area contributed by atoms with Crippen molar-refractivity contribution in [1.82, 2.24) is 19.5 Å². The van der Waals surface area contributed by atoms with Crippen LogP contribution in [0.3, 0.4) is 0 Å². The molecular weight excluding hydrogens is 364 g/mol. The molecule has 0 aliphatic carbocycles. The molecular formula is C23H22N4O2. The van der Waals surface area contributed by atoms with Crippen molar-refractivity contribution in [3.05, 3.63) is 71.4 Å². The maximum absolute atomic E-state index is 11.5. The fourth-order valence-corrected chi connectivity index (χ4v) is 3.65. The zero-order valence-electron chi connectivity index (χ0n) is 16.7. The molecule has 0 aliphatic heterocycles. The lowest BCUT2D eigenvalue weighted by molar-refractivity contribution is 0.0697. The van der Waals surface area contributed by atoms with Crippen LogP contribution in [0.5, 0.6) is 0 Å². The van der Waals surface area contributed by atoms with Crippen LogP contribution in [0.1, 0.15) is 41.0 Å². The third kappa shape index (κ3) is 3.38. The van der Waals surface area contributed by atoms with Gasteiger partial charge in [0.05, 0.1) is 11.3 Å². The SMILES string of the molecule is CCCc1nc2c(C)nc(C)nc2n1-c1ccc(-c2ccccc2C(=O)O)cc1. The Morgan fingerprint density at radius 1 is 1.00 bits per heavy atom. The van der Waals surface area contributed by atoms with Gasteiger partial charge in [0.25, 0.3) is 0 Å². The van der Waals surface area contributed by atoms with E-state index in [9.17, 15) is 9.90 Å². The summed E-state index contributed by atoms with van der Waals surface area (Å²) in [5.41, 5.74) is 5.29. The van der Waals surface area contributed by atoms with Gasteiger partial charge in [0, 0.05) is 12.1 Å². The molecule has 2 aromatic heterocycles. The highest BCUT2D eigenvalue weighted by Crippen LogP contribution is 2.27. The zero-order valence-corrected chi connectivity index (χ0v) is 16.7. The van der Waals surface area contributed by atoms with E-state index in [1.165, 1.54) is 0 Å². The van der Waals surface area contributed by atoms with Gasteiger partial charge in [0.1, 0.15) is 17.2 Å². The predicted octanol–water partition coefficient (Wildman–Crippen LogP) is 4.75. The molecule has 0 amide bonds. The van der Waals surface area contributed by atoms with E-state index in [4.69, 9.17) is 4.98 Å². The standard InChI is InChI=1S/C23H22N4O2/c1-4-7-20-26-21-14(2)24-15(3)25-22(21)27(20)17-12-10-16(11-13-17)18-8-5-6-9-19(18)23(28)29/h5-6,8-13H,4,7H2,1-3H3,(H,28,29). The number of hydrogen-bond acceptors (Lipinski definition) is 4. The lowest BCUT2D eigenvalue weighted by Gasteiger charge is -2.11. The van der Waals surface area contributed by atoms with Crippen LogP contribution in [0, 0.1) is 13.8 Å². The zero-order chi connectivity index (χ0) is 20.5. The van der Waals surface area contributed by atoms with E-state index in [1.54, 1.807) is 12.1 Å². The normalized spacial score (nSPS) is 11.1. The van der Waals surface area contributed by atoms with Gasteiger partial charge in [-0.1, -0.05) is 37.3 Å². The van der Waals surface area contributed by atoms with Crippen LogP contribution in [-0.2, 0) is 6.42 Å². The molecule has 0 fully saturated rings. The Morgan fingerprint density at radius 3 is 2.41 bits per heavy atom. The first-order valence-corrected chi connectivity index (χ1v) is 9.65. The number of benzene rings is 2. The van der Waals surface area contributed by atoms with Gasteiger partial charge in [-0.2, -0.15) is 0 Å². The first kappa shape index (κ1) is 18.8. The van der Waals surface area contributed by atoms with Crippen molar-refractivity contribution >= 4 is 17.1 Å². The molecule has 146 valence electrons. The van der Waals surface area contributed by atoms with Crippen molar-refractivity contribution in [3.63, 3.8) is 0 Å². The number of aromatic carboxylic acids is 1. The quantitative estimate of drug-likeness (QED) is 0.535. The van der Waals surface area contributed by atoms with E-state index in [0.717, 1.165) is 46.8 Å². The molecule has 2 heterocycles. The smallest absolute Gasteiger partial charge is 0.336 e. The fraction of sp³-hybridized carbons (Fsp3) is 0.217. The molecule has 0 atom stereocenters. The molecule has 6 nitrogen and oxygen atoms in total. The molecule has 4 rings (SSSR count). The maximum Gasteiger partial charge on any atom is 0.336 e. The van der Waals surface area contributed by atoms with Crippen LogP contribution in [0.25, 0.3) is 28.0 Å². The number of nitrogens with zero attached hydrogens (tertiary/aromatic N) is 4. The minimum absolute atomic E-state index is 0.291. The summed E-state index contributed by atoms with van der Waals surface area (Å²) in [4.78, 5) is 25.4. The summed E-state index contributed by atoms with van der Waals surface area (Å²) in [6, 6.07) is 14.9. The Morgan fingerprint density at radius 2 is 1.72 bits per heavy atom. The second-order valence-electron chi connectivity index (χ2n) is 7.04. The predicted molar refractivity (Wildman–Crippen MR) is 113 cm³/mol. The summed E-state index contributed by atoms with van der Waals surface area (Å²) >= 11 is 0. The first-order valence-electron chi connectivity index (χ1n) is 9.65. The third-order valence-corrected chi connectivity index (χ3v) is 4.93. The number of fused-ring (bicyclic) bond motifs is 1. The third-order valence-electron chi connectivity index (χ3n) is 4.93. The molecule has 6 heteroatoms. The van der Waals surface area contributed by atoms with Gasteiger partial charge in [-0.05, 0) is 49.6 Å². The van der Waals surface area contributed by atoms with Crippen molar-refractivity contribution in [1.29, 1.82) is 0 Å². The van der Waals surface area contributed by atoms with Crippen molar-refractivity contribution < 1.29 is 9.90 Å². The van der Waals surface area contributed by atoms with Gasteiger partial charge in [0.2, 0.25) is 0 Å². The van der Waals surface area contributed by atoms with Crippen LogP contribution < -0.4 is 0 Å². The fourth-order valence-electron chi connectivity index (χ4n) is 3.65. The van der Waals surface area contributed by atoms with E-state index in [2.05, 4.69) is 21.5 Å². The van der Waals surface area contributed by atoms with E-state index < -0.39 is 5.97 Å². The van der Waals surface area contributed by atoms with Gasteiger partial charge in [0.15, 0.2) is 5.65 Å². The van der Waals surface area contributed by atoms with Gasteiger partial charge < -0.3 is 5.11 Å². The van der Waals surface area contributed by atoms with Crippen LogP contribution in [0.2, 0.25) is 0 Å². The molecule has 1 N–H and O–H groups in total. The van der Waals surface area contributed by atoms with E-state index in [-0.39, 0.29) is 0 Å². The number of imidazole rings is 1. The van der Waals surface area contributed by atoms with E-state index in [0.29, 0.717) is 17.0 Å². The Balaban J connectivity index is 1.86. The van der Waals surface area contributed by atoms with Crippen molar-refractivity contribution in [2.75, 3.05) is 0 Å². The van der Waals surface area contributed by atoms with Crippen LogP contribution in [-0.4, -0.2) is 30.6 Å². The molecule has 0 spiro atoms. The minimum Gasteiger partial charge on any atom is -0.478 e. The van der Waals surface area contributed by atoms with Crippen LogP contribution in [0.15, 0.2) is 48.5 Å². The summed E-state index contributed by atoms with van der Waals surface area (Å²) in [5.74, 6) is 0.730. The molecule has 0 bridgehead atoms. The minimum atomic E-state index is -0.932.